The van der Waals surface area contributed by atoms with Crippen molar-refractivity contribution in [1.29, 1.82) is 0 Å². The fourth-order valence-electron chi connectivity index (χ4n) is 2.42. The summed E-state index contributed by atoms with van der Waals surface area (Å²) in [6.45, 7) is 3.33. The van der Waals surface area contributed by atoms with Crippen LogP contribution in [0.2, 0.25) is 5.02 Å². The molecular weight excluding hydrogens is 309 g/mol. The first kappa shape index (κ1) is 16.7. The maximum Gasteiger partial charge on any atom is 0.258 e. The molecule has 1 unspecified atom stereocenters. The Morgan fingerprint density at radius 2 is 1.86 bits per heavy atom. The van der Waals surface area contributed by atoms with Gasteiger partial charge in [0.2, 0.25) is 5.91 Å². The van der Waals surface area contributed by atoms with Crippen molar-refractivity contribution in [3.05, 3.63) is 34.6 Å². The molecule has 0 spiro atoms. The van der Waals surface area contributed by atoms with E-state index in [4.69, 9.17) is 17.3 Å². The Labute approximate surface area is 133 Å². The molecule has 1 aliphatic rings. The fraction of sp³-hybridized carbons (Fsp3) is 0.467. The Hall–Kier alpha value is -1.66. The lowest BCUT2D eigenvalue weighted by Gasteiger charge is -2.35. The summed E-state index contributed by atoms with van der Waals surface area (Å²) in [6.07, 6.45) is 0.285. The Balaban J connectivity index is 2.00. The Kier molecular flexibility index (Phi) is 5.37. The minimum Gasteiger partial charge on any atom is -0.339 e. The van der Waals surface area contributed by atoms with Crippen LogP contribution in [0.4, 0.5) is 4.39 Å². The van der Waals surface area contributed by atoms with Crippen LogP contribution >= 0.6 is 11.6 Å². The van der Waals surface area contributed by atoms with Gasteiger partial charge in [-0.25, -0.2) is 4.39 Å². The van der Waals surface area contributed by atoms with E-state index in [-0.39, 0.29) is 29.0 Å². The first-order chi connectivity index (χ1) is 10.4. The van der Waals surface area contributed by atoms with E-state index in [9.17, 15) is 14.0 Å². The van der Waals surface area contributed by atoms with Gasteiger partial charge in [0.25, 0.3) is 5.91 Å². The van der Waals surface area contributed by atoms with Crippen LogP contribution in [0.25, 0.3) is 0 Å². The molecule has 0 radical (unpaired) electrons. The highest BCUT2D eigenvalue weighted by Gasteiger charge is 2.27. The number of nitrogens with zero attached hydrogens (tertiary/aromatic N) is 2. The first-order valence-electron chi connectivity index (χ1n) is 7.16. The zero-order valence-electron chi connectivity index (χ0n) is 12.4. The van der Waals surface area contributed by atoms with E-state index in [1.54, 1.807) is 11.8 Å². The summed E-state index contributed by atoms with van der Waals surface area (Å²) in [7, 11) is 0. The summed E-state index contributed by atoms with van der Waals surface area (Å²) in [6, 6.07) is 3.96. The van der Waals surface area contributed by atoms with Crippen LogP contribution in [0.3, 0.4) is 0 Å². The smallest absolute Gasteiger partial charge is 0.258 e. The number of piperazine rings is 1. The zero-order chi connectivity index (χ0) is 16.3. The number of amides is 2. The fourth-order valence-corrected chi connectivity index (χ4v) is 2.67. The minimum absolute atomic E-state index is 0.0222. The van der Waals surface area contributed by atoms with Gasteiger partial charge in [-0.2, -0.15) is 0 Å². The second-order valence-corrected chi connectivity index (χ2v) is 5.86. The van der Waals surface area contributed by atoms with Crippen molar-refractivity contribution in [2.75, 3.05) is 26.2 Å². The first-order valence-corrected chi connectivity index (χ1v) is 7.54. The van der Waals surface area contributed by atoms with Crippen LogP contribution in [0, 0.1) is 5.82 Å². The van der Waals surface area contributed by atoms with Crippen LogP contribution < -0.4 is 5.73 Å². The number of nitrogens with two attached hydrogens (primary N) is 1. The number of carbonyl (C=O) groups is 2. The molecule has 0 aliphatic carbocycles. The Morgan fingerprint density at radius 3 is 2.41 bits per heavy atom. The van der Waals surface area contributed by atoms with Gasteiger partial charge in [0.15, 0.2) is 0 Å². The molecule has 120 valence electrons. The van der Waals surface area contributed by atoms with E-state index in [0.29, 0.717) is 26.2 Å². The maximum atomic E-state index is 13.8. The van der Waals surface area contributed by atoms with Gasteiger partial charge in [-0.1, -0.05) is 17.7 Å². The lowest BCUT2D eigenvalue weighted by atomic mass is 10.1. The van der Waals surface area contributed by atoms with Crippen LogP contribution in [-0.2, 0) is 4.79 Å². The van der Waals surface area contributed by atoms with E-state index in [0.717, 1.165) is 0 Å². The van der Waals surface area contributed by atoms with E-state index in [1.807, 2.05) is 0 Å². The molecule has 2 rings (SSSR count). The Bertz CT molecular complexity index is 552. The lowest BCUT2D eigenvalue weighted by Crippen LogP contribution is -2.51. The van der Waals surface area contributed by atoms with Crippen LogP contribution in [0.5, 0.6) is 0 Å². The predicted molar refractivity (Wildman–Crippen MR) is 82.2 cm³/mol. The SMILES string of the molecule is CC(N)CC(=O)N1CCN(C(=O)c2c(F)cccc2Cl)CC1. The average molecular weight is 328 g/mol. The summed E-state index contributed by atoms with van der Waals surface area (Å²) in [5, 5.41) is 0.0977. The molecule has 2 N–H and O–H groups in total. The summed E-state index contributed by atoms with van der Waals surface area (Å²) in [5.74, 6) is -1.10. The molecule has 1 aromatic rings. The van der Waals surface area contributed by atoms with Gasteiger partial charge in [0.1, 0.15) is 5.82 Å². The molecule has 0 saturated carbocycles. The van der Waals surface area contributed by atoms with Crippen LogP contribution in [-0.4, -0.2) is 53.8 Å². The largest absolute Gasteiger partial charge is 0.339 e. The van der Waals surface area contributed by atoms with Gasteiger partial charge < -0.3 is 15.5 Å². The number of rotatable bonds is 3. The van der Waals surface area contributed by atoms with Crippen LogP contribution in [0.15, 0.2) is 18.2 Å². The molecule has 5 nitrogen and oxygen atoms in total. The molecule has 1 aromatic carbocycles. The van der Waals surface area contributed by atoms with E-state index in [1.165, 1.54) is 23.1 Å². The highest BCUT2D eigenvalue weighted by Crippen LogP contribution is 2.21. The molecule has 0 bridgehead atoms. The van der Waals surface area contributed by atoms with Crippen molar-refractivity contribution in [3.63, 3.8) is 0 Å². The lowest BCUT2D eigenvalue weighted by molar-refractivity contribution is -0.132. The molecule has 7 heteroatoms. The molecule has 1 fully saturated rings. The molecule has 1 heterocycles. The highest BCUT2D eigenvalue weighted by molar-refractivity contribution is 6.33. The average Bonchev–Trinajstić information content (AvgIpc) is 2.46. The summed E-state index contributed by atoms with van der Waals surface area (Å²) in [4.78, 5) is 27.5. The molecule has 1 atom stereocenters. The van der Waals surface area contributed by atoms with Crippen molar-refractivity contribution in [2.45, 2.75) is 19.4 Å². The highest BCUT2D eigenvalue weighted by atomic mass is 35.5. The van der Waals surface area contributed by atoms with Gasteiger partial charge >= 0.3 is 0 Å². The Morgan fingerprint density at radius 1 is 1.27 bits per heavy atom. The molecule has 0 aromatic heterocycles. The zero-order valence-corrected chi connectivity index (χ0v) is 13.1. The van der Waals surface area contributed by atoms with E-state index < -0.39 is 11.7 Å². The molecule has 2 amide bonds. The number of hydrogen-bond donors (Lipinski definition) is 1. The van der Waals surface area contributed by atoms with Gasteiger partial charge in [-0.3, -0.25) is 9.59 Å². The maximum absolute atomic E-state index is 13.8. The molecular formula is C15H19ClFN3O2. The van der Waals surface area contributed by atoms with E-state index >= 15 is 0 Å². The summed E-state index contributed by atoms with van der Waals surface area (Å²) >= 11 is 5.91. The van der Waals surface area contributed by atoms with Crippen molar-refractivity contribution in [2.24, 2.45) is 5.73 Å². The standard InChI is InChI=1S/C15H19ClFN3O2/c1-10(18)9-13(21)19-5-7-20(8-6-19)15(22)14-11(16)3-2-4-12(14)17/h2-4,10H,5-9,18H2,1H3. The monoisotopic (exact) mass is 327 g/mol. The number of hydrogen-bond acceptors (Lipinski definition) is 3. The number of halogens is 2. The predicted octanol–water partition coefficient (Wildman–Crippen LogP) is 1.50. The van der Waals surface area contributed by atoms with Gasteiger partial charge in [-0.05, 0) is 19.1 Å². The van der Waals surface area contributed by atoms with Crippen LogP contribution in [0.1, 0.15) is 23.7 Å². The second kappa shape index (κ2) is 7.07. The minimum atomic E-state index is -0.632. The van der Waals surface area contributed by atoms with Crippen molar-refractivity contribution in [3.8, 4) is 0 Å². The molecule has 1 aliphatic heterocycles. The molecule has 22 heavy (non-hydrogen) atoms. The van der Waals surface area contributed by atoms with Gasteiger partial charge in [0.05, 0.1) is 10.6 Å². The van der Waals surface area contributed by atoms with Crippen molar-refractivity contribution < 1.29 is 14.0 Å². The van der Waals surface area contributed by atoms with Crippen molar-refractivity contribution in [1.82, 2.24) is 9.80 Å². The third-order valence-corrected chi connectivity index (χ3v) is 3.91. The number of carbonyl (C=O) groups excluding carboxylic acids is 2. The number of benzene rings is 1. The van der Waals surface area contributed by atoms with E-state index in [2.05, 4.69) is 0 Å². The normalized spacial score (nSPS) is 16.5. The third-order valence-electron chi connectivity index (χ3n) is 3.59. The quantitative estimate of drug-likeness (QED) is 0.915. The summed E-state index contributed by atoms with van der Waals surface area (Å²) in [5.41, 5.74) is 5.50. The topological polar surface area (TPSA) is 66.6 Å². The third kappa shape index (κ3) is 3.75. The molecule has 1 saturated heterocycles. The second-order valence-electron chi connectivity index (χ2n) is 5.45. The van der Waals surface area contributed by atoms with Gasteiger partial charge in [-0.15, -0.1) is 0 Å². The van der Waals surface area contributed by atoms with Crippen molar-refractivity contribution >= 4 is 23.4 Å². The van der Waals surface area contributed by atoms with Gasteiger partial charge in [0, 0.05) is 38.6 Å². The summed E-state index contributed by atoms with van der Waals surface area (Å²) < 4.78 is 13.8.